The molecule has 0 spiro atoms. The minimum atomic E-state index is -0.163. The molecule has 4 nitrogen and oxygen atoms in total. The maximum Gasteiger partial charge on any atom is 0.240 e. The highest BCUT2D eigenvalue weighted by Crippen LogP contribution is 2.40. The molecule has 1 aliphatic rings. The number of halogens is 2. The van der Waals surface area contributed by atoms with E-state index < -0.39 is 0 Å². The minimum Gasteiger partial charge on any atom is -0.273 e. The molecule has 3 aromatic carbocycles. The first-order valence-electron chi connectivity index (χ1n) is 10.7. The second kappa shape index (κ2) is 8.73. The number of nitrogens with zero attached hydrogens (tertiary/aromatic N) is 3. The van der Waals surface area contributed by atoms with Crippen LogP contribution in [0.1, 0.15) is 36.2 Å². The van der Waals surface area contributed by atoms with Crippen LogP contribution < -0.4 is 0 Å². The van der Waals surface area contributed by atoms with Crippen LogP contribution >= 0.6 is 27.5 Å². The molecule has 0 saturated carbocycles. The number of amides is 1. The van der Waals surface area contributed by atoms with Gasteiger partial charge in [0.1, 0.15) is 0 Å². The first-order chi connectivity index (χ1) is 15.9. The molecule has 0 fully saturated rings. The molecule has 164 valence electrons. The Balaban J connectivity index is 1.73. The van der Waals surface area contributed by atoms with Gasteiger partial charge in [-0.3, -0.25) is 9.78 Å². The Bertz CT molecular complexity index is 1400. The van der Waals surface area contributed by atoms with Crippen LogP contribution in [0.4, 0.5) is 0 Å². The molecule has 1 aromatic heterocycles. The van der Waals surface area contributed by atoms with Gasteiger partial charge in [0, 0.05) is 45.0 Å². The molecule has 0 aliphatic carbocycles. The summed E-state index contributed by atoms with van der Waals surface area (Å²) in [4.78, 5) is 17.4. The van der Waals surface area contributed by atoms with Crippen molar-refractivity contribution in [1.29, 1.82) is 0 Å². The molecule has 0 unspecified atom stereocenters. The van der Waals surface area contributed by atoms with Gasteiger partial charge in [0.05, 0.1) is 17.3 Å². The van der Waals surface area contributed by atoms with E-state index in [1.54, 1.807) is 11.9 Å². The molecule has 0 radical (unpaired) electrons. The maximum atomic E-state index is 12.5. The van der Waals surface area contributed by atoms with Gasteiger partial charge >= 0.3 is 0 Å². The number of carbonyl (C=O) groups excluding carboxylic acids is 1. The molecule has 1 atom stereocenters. The van der Waals surface area contributed by atoms with Crippen molar-refractivity contribution < 1.29 is 4.79 Å². The number of aryl methyl sites for hydroxylation is 1. The molecular formula is C27H21BrClN3O. The van der Waals surface area contributed by atoms with Gasteiger partial charge in [-0.05, 0) is 48.4 Å². The Hall–Kier alpha value is -3.02. The number of benzene rings is 3. The van der Waals surface area contributed by atoms with Crippen LogP contribution in [0.25, 0.3) is 22.0 Å². The Morgan fingerprint density at radius 3 is 2.45 bits per heavy atom. The van der Waals surface area contributed by atoms with Crippen LogP contribution in [0.3, 0.4) is 0 Å². The van der Waals surface area contributed by atoms with Crippen LogP contribution in [-0.4, -0.2) is 21.6 Å². The normalized spacial score (nSPS) is 15.7. The fourth-order valence-corrected chi connectivity index (χ4v) is 4.95. The third kappa shape index (κ3) is 4.07. The average molecular weight is 519 g/mol. The lowest BCUT2D eigenvalue weighted by molar-refractivity contribution is -0.130. The van der Waals surface area contributed by atoms with Crippen LogP contribution in [-0.2, 0) is 4.79 Å². The van der Waals surface area contributed by atoms with Crippen molar-refractivity contribution in [2.24, 2.45) is 5.10 Å². The minimum absolute atomic E-state index is 0.0892. The number of hydrogen-bond acceptors (Lipinski definition) is 3. The predicted octanol–water partition coefficient (Wildman–Crippen LogP) is 7.32. The van der Waals surface area contributed by atoms with Crippen LogP contribution in [0.15, 0.2) is 82.4 Å². The largest absolute Gasteiger partial charge is 0.273 e. The molecule has 1 aliphatic heterocycles. The summed E-state index contributed by atoms with van der Waals surface area (Å²) < 4.78 is 0.998. The Morgan fingerprint density at radius 1 is 1.03 bits per heavy atom. The molecule has 6 heteroatoms. The molecule has 4 aromatic rings. The summed E-state index contributed by atoms with van der Waals surface area (Å²) >= 11 is 9.89. The number of fused-ring (bicyclic) bond motifs is 1. The standard InChI is InChI=1S/C27H21BrClN3O/c1-16-26(24-15-25(32(31-24)17(2)33)18-8-10-20(28)11-9-18)27(19-6-4-3-5-7-19)22-14-21(29)12-13-23(22)30-16/h3-14,25H,15H2,1-2H3/t25-/m1/s1. The Morgan fingerprint density at radius 2 is 1.76 bits per heavy atom. The van der Waals surface area contributed by atoms with E-state index in [1.807, 2.05) is 67.6 Å². The molecule has 1 amide bonds. The van der Waals surface area contributed by atoms with Crippen molar-refractivity contribution in [3.05, 3.63) is 99.1 Å². The van der Waals surface area contributed by atoms with Gasteiger partial charge in [-0.1, -0.05) is 70.0 Å². The fraction of sp³-hybridized carbons (Fsp3) is 0.148. The second-order valence-corrected chi connectivity index (χ2v) is 9.51. The smallest absolute Gasteiger partial charge is 0.240 e. The van der Waals surface area contributed by atoms with Crippen molar-refractivity contribution >= 4 is 50.1 Å². The summed E-state index contributed by atoms with van der Waals surface area (Å²) in [5.74, 6) is -0.0892. The van der Waals surface area contributed by atoms with Crippen molar-refractivity contribution in [1.82, 2.24) is 9.99 Å². The highest BCUT2D eigenvalue weighted by molar-refractivity contribution is 9.10. The number of carbonyl (C=O) groups is 1. The number of pyridine rings is 1. The molecule has 5 rings (SSSR count). The molecule has 33 heavy (non-hydrogen) atoms. The van der Waals surface area contributed by atoms with Crippen LogP contribution in [0.5, 0.6) is 0 Å². The monoisotopic (exact) mass is 517 g/mol. The average Bonchev–Trinajstić information content (AvgIpc) is 3.25. The summed E-state index contributed by atoms with van der Waals surface area (Å²) in [6.07, 6.45) is 0.607. The summed E-state index contributed by atoms with van der Waals surface area (Å²) in [6, 6.07) is 23.9. The first-order valence-corrected chi connectivity index (χ1v) is 11.9. The van der Waals surface area contributed by atoms with Crippen molar-refractivity contribution in [3.8, 4) is 11.1 Å². The third-order valence-electron chi connectivity index (χ3n) is 5.97. The van der Waals surface area contributed by atoms with Gasteiger partial charge in [-0.15, -0.1) is 0 Å². The molecule has 0 saturated heterocycles. The van der Waals surface area contributed by atoms with Gasteiger partial charge in [-0.2, -0.15) is 5.10 Å². The molecular weight excluding hydrogens is 498 g/mol. The van der Waals surface area contributed by atoms with Crippen molar-refractivity contribution in [2.45, 2.75) is 26.3 Å². The zero-order chi connectivity index (χ0) is 23.1. The van der Waals surface area contributed by atoms with Gasteiger partial charge < -0.3 is 0 Å². The topological polar surface area (TPSA) is 45.6 Å². The summed E-state index contributed by atoms with van der Waals surface area (Å²) in [5, 5.41) is 8.05. The van der Waals surface area contributed by atoms with Gasteiger partial charge in [-0.25, -0.2) is 5.01 Å². The van der Waals surface area contributed by atoms with Crippen LogP contribution in [0, 0.1) is 6.92 Å². The lowest BCUT2D eigenvalue weighted by Crippen LogP contribution is -2.24. The highest BCUT2D eigenvalue weighted by Gasteiger charge is 2.33. The number of hydrogen-bond donors (Lipinski definition) is 0. The van der Waals surface area contributed by atoms with E-state index in [4.69, 9.17) is 21.7 Å². The predicted molar refractivity (Wildman–Crippen MR) is 137 cm³/mol. The van der Waals surface area contributed by atoms with Gasteiger partial charge in [0.2, 0.25) is 5.91 Å². The summed E-state index contributed by atoms with van der Waals surface area (Å²) in [5.41, 5.74) is 6.72. The van der Waals surface area contributed by atoms with E-state index in [0.717, 1.165) is 49.0 Å². The van der Waals surface area contributed by atoms with E-state index in [-0.39, 0.29) is 11.9 Å². The number of rotatable bonds is 3. The van der Waals surface area contributed by atoms with Crippen molar-refractivity contribution in [2.75, 3.05) is 0 Å². The second-order valence-electron chi connectivity index (χ2n) is 8.16. The van der Waals surface area contributed by atoms with Gasteiger partial charge in [0.25, 0.3) is 0 Å². The molecule has 0 N–H and O–H groups in total. The summed E-state index contributed by atoms with van der Waals surface area (Å²) in [7, 11) is 0. The number of hydrazone groups is 1. The van der Waals surface area contributed by atoms with E-state index in [0.29, 0.717) is 11.4 Å². The van der Waals surface area contributed by atoms with Crippen LogP contribution in [0.2, 0.25) is 5.02 Å². The molecule has 2 heterocycles. The lowest BCUT2D eigenvalue weighted by Gasteiger charge is -2.20. The van der Waals surface area contributed by atoms with E-state index in [9.17, 15) is 4.79 Å². The lowest BCUT2D eigenvalue weighted by atomic mass is 9.89. The zero-order valence-electron chi connectivity index (χ0n) is 18.2. The van der Waals surface area contributed by atoms with Crippen molar-refractivity contribution in [3.63, 3.8) is 0 Å². The first kappa shape index (κ1) is 21.8. The number of aromatic nitrogens is 1. The summed E-state index contributed by atoms with van der Waals surface area (Å²) in [6.45, 7) is 3.56. The zero-order valence-corrected chi connectivity index (χ0v) is 20.6. The molecule has 0 bridgehead atoms. The van der Waals surface area contributed by atoms with E-state index in [1.165, 1.54) is 0 Å². The quantitative estimate of drug-likeness (QED) is 0.285. The highest BCUT2D eigenvalue weighted by atomic mass is 79.9. The fourth-order valence-electron chi connectivity index (χ4n) is 4.51. The maximum absolute atomic E-state index is 12.5. The SMILES string of the molecule is CC(=O)N1N=C(c2c(C)nc3ccc(Cl)cc3c2-c2ccccc2)C[C@@H]1c1ccc(Br)cc1. The van der Waals surface area contributed by atoms with E-state index in [2.05, 4.69) is 28.1 Å². The third-order valence-corrected chi connectivity index (χ3v) is 6.73. The van der Waals surface area contributed by atoms with E-state index >= 15 is 0 Å². The Kier molecular flexibility index (Phi) is 5.77. The van der Waals surface area contributed by atoms with Gasteiger partial charge in [0.15, 0.2) is 0 Å². The Labute approximate surface area is 206 Å².